The SMILES string of the molecule is CC(=O)Nc1ccc(CC(=O)N[C@@H](C)c2ccc(Cl)cc2Cl)cc1. The maximum Gasteiger partial charge on any atom is 0.224 e. The number of carbonyl (C=O) groups is 2. The van der Waals surface area contributed by atoms with Crippen LogP contribution in [-0.4, -0.2) is 11.8 Å². The molecule has 2 aromatic rings. The van der Waals surface area contributed by atoms with Crippen molar-refractivity contribution in [3.63, 3.8) is 0 Å². The molecule has 2 aromatic carbocycles. The minimum Gasteiger partial charge on any atom is -0.349 e. The zero-order valence-corrected chi connectivity index (χ0v) is 14.9. The van der Waals surface area contributed by atoms with Crippen LogP contribution in [0.5, 0.6) is 0 Å². The number of hydrogen-bond donors (Lipinski definition) is 2. The van der Waals surface area contributed by atoms with Crippen molar-refractivity contribution in [2.24, 2.45) is 0 Å². The van der Waals surface area contributed by atoms with Gasteiger partial charge in [0.1, 0.15) is 0 Å². The van der Waals surface area contributed by atoms with Crippen LogP contribution in [-0.2, 0) is 16.0 Å². The van der Waals surface area contributed by atoms with Gasteiger partial charge >= 0.3 is 0 Å². The second-order valence-corrected chi connectivity index (χ2v) is 6.35. The van der Waals surface area contributed by atoms with Gasteiger partial charge < -0.3 is 10.6 Å². The number of anilines is 1. The standard InChI is InChI=1S/C18H18Cl2N2O2/c1-11(16-8-5-14(19)10-17(16)20)21-18(24)9-13-3-6-15(7-4-13)22-12(2)23/h3-8,10-11H,9H2,1-2H3,(H,21,24)(H,22,23)/t11-/m0/s1. The first-order valence-corrected chi connectivity index (χ1v) is 8.21. The van der Waals surface area contributed by atoms with E-state index in [1.807, 2.05) is 19.1 Å². The van der Waals surface area contributed by atoms with Crippen LogP contribution in [0.2, 0.25) is 10.0 Å². The van der Waals surface area contributed by atoms with Crippen LogP contribution in [0.25, 0.3) is 0 Å². The van der Waals surface area contributed by atoms with Crippen molar-refractivity contribution in [1.82, 2.24) is 5.32 Å². The lowest BCUT2D eigenvalue weighted by Crippen LogP contribution is -2.28. The Morgan fingerprint density at radius 3 is 2.33 bits per heavy atom. The van der Waals surface area contributed by atoms with Crippen molar-refractivity contribution in [2.75, 3.05) is 5.32 Å². The largest absolute Gasteiger partial charge is 0.349 e. The number of nitrogens with one attached hydrogen (secondary N) is 2. The Hall–Kier alpha value is -2.04. The van der Waals surface area contributed by atoms with E-state index in [-0.39, 0.29) is 24.3 Å². The fraction of sp³-hybridized carbons (Fsp3) is 0.222. The predicted molar refractivity (Wildman–Crippen MR) is 97.5 cm³/mol. The highest BCUT2D eigenvalue weighted by molar-refractivity contribution is 6.35. The van der Waals surface area contributed by atoms with Crippen LogP contribution in [0, 0.1) is 0 Å². The van der Waals surface area contributed by atoms with Gasteiger partial charge in [0.2, 0.25) is 11.8 Å². The fourth-order valence-corrected chi connectivity index (χ4v) is 2.89. The second kappa shape index (κ2) is 8.18. The third kappa shape index (κ3) is 5.25. The first kappa shape index (κ1) is 18.3. The maximum atomic E-state index is 12.2. The first-order chi connectivity index (χ1) is 11.3. The maximum absolute atomic E-state index is 12.2. The fourth-order valence-electron chi connectivity index (χ4n) is 2.32. The molecule has 0 heterocycles. The van der Waals surface area contributed by atoms with Crippen molar-refractivity contribution in [3.8, 4) is 0 Å². The molecule has 0 saturated carbocycles. The van der Waals surface area contributed by atoms with E-state index < -0.39 is 0 Å². The molecule has 2 rings (SSSR count). The van der Waals surface area contributed by atoms with Gasteiger partial charge in [0.25, 0.3) is 0 Å². The second-order valence-electron chi connectivity index (χ2n) is 5.51. The number of benzene rings is 2. The Labute approximate surface area is 151 Å². The third-order valence-corrected chi connectivity index (χ3v) is 4.01. The van der Waals surface area contributed by atoms with Crippen molar-refractivity contribution >= 4 is 40.7 Å². The van der Waals surface area contributed by atoms with Gasteiger partial charge in [-0.3, -0.25) is 9.59 Å². The normalized spacial score (nSPS) is 11.7. The monoisotopic (exact) mass is 364 g/mol. The highest BCUT2D eigenvalue weighted by atomic mass is 35.5. The molecule has 0 aromatic heterocycles. The molecule has 24 heavy (non-hydrogen) atoms. The Kier molecular flexibility index (Phi) is 6.23. The van der Waals surface area contributed by atoms with Crippen molar-refractivity contribution in [1.29, 1.82) is 0 Å². The Balaban J connectivity index is 1.96. The van der Waals surface area contributed by atoms with Crippen LogP contribution in [0.3, 0.4) is 0 Å². The summed E-state index contributed by atoms with van der Waals surface area (Å²) in [6.45, 7) is 3.32. The Morgan fingerprint density at radius 2 is 1.75 bits per heavy atom. The summed E-state index contributed by atoms with van der Waals surface area (Å²) in [6, 6.07) is 12.1. The minimum atomic E-state index is -0.221. The molecule has 0 aliphatic heterocycles. The van der Waals surface area contributed by atoms with Crippen molar-refractivity contribution < 1.29 is 9.59 Å². The van der Waals surface area contributed by atoms with Gasteiger partial charge in [-0.05, 0) is 42.3 Å². The topological polar surface area (TPSA) is 58.2 Å². The molecule has 6 heteroatoms. The van der Waals surface area contributed by atoms with E-state index in [0.717, 1.165) is 11.1 Å². The van der Waals surface area contributed by atoms with E-state index in [2.05, 4.69) is 10.6 Å². The van der Waals surface area contributed by atoms with Crippen LogP contribution in [0.15, 0.2) is 42.5 Å². The molecule has 2 amide bonds. The van der Waals surface area contributed by atoms with E-state index in [1.54, 1.807) is 30.3 Å². The summed E-state index contributed by atoms with van der Waals surface area (Å²) in [5.74, 6) is -0.241. The zero-order valence-electron chi connectivity index (χ0n) is 13.4. The van der Waals surface area contributed by atoms with Crippen molar-refractivity contribution in [2.45, 2.75) is 26.3 Å². The number of hydrogen-bond acceptors (Lipinski definition) is 2. The number of amides is 2. The molecule has 0 aliphatic carbocycles. The summed E-state index contributed by atoms with van der Waals surface area (Å²) in [7, 11) is 0. The Bertz CT molecular complexity index is 745. The van der Waals surface area contributed by atoms with Gasteiger partial charge in [0.15, 0.2) is 0 Å². The summed E-state index contributed by atoms with van der Waals surface area (Å²) in [5, 5.41) is 6.68. The molecule has 0 aliphatic rings. The van der Waals surface area contributed by atoms with E-state index in [4.69, 9.17) is 23.2 Å². The van der Waals surface area contributed by atoms with Crippen molar-refractivity contribution in [3.05, 3.63) is 63.6 Å². The van der Waals surface area contributed by atoms with Gasteiger partial charge in [-0.1, -0.05) is 41.4 Å². The first-order valence-electron chi connectivity index (χ1n) is 7.46. The zero-order chi connectivity index (χ0) is 17.7. The number of halogens is 2. The van der Waals surface area contributed by atoms with Gasteiger partial charge in [-0.2, -0.15) is 0 Å². The molecular weight excluding hydrogens is 347 g/mol. The lowest BCUT2D eigenvalue weighted by molar-refractivity contribution is -0.121. The highest BCUT2D eigenvalue weighted by Crippen LogP contribution is 2.26. The van der Waals surface area contributed by atoms with Gasteiger partial charge in [0, 0.05) is 22.7 Å². The highest BCUT2D eigenvalue weighted by Gasteiger charge is 2.13. The molecule has 0 unspecified atom stereocenters. The molecule has 126 valence electrons. The van der Waals surface area contributed by atoms with E-state index in [1.165, 1.54) is 6.92 Å². The quantitative estimate of drug-likeness (QED) is 0.827. The summed E-state index contributed by atoms with van der Waals surface area (Å²) in [6.07, 6.45) is 0.246. The summed E-state index contributed by atoms with van der Waals surface area (Å²) < 4.78 is 0. The molecule has 0 radical (unpaired) electrons. The molecular formula is C18H18Cl2N2O2. The van der Waals surface area contributed by atoms with E-state index in [0.29, 0.717) is 15.7 Å². The van der Waals surface area contributed by atoms with Gasteiger partial charge in [0.05, 0.1) is 12.5 Å². The van der Waals surface area contributed by atoms with Crippen LogP contribution < -0.4 is 10.6 Å². The Morgan fingerprint density at radius 1 is 1.08 bits per heavy atom. The van der Waals surface area contributed by atoms with E-state index in [9.17, 15) is 9.59 Å². The van der Waals surface area contributed by atoms with Crippen LogP contribution in [0.1, 0.15) is 31.0 Å². The lowest BCUT2D eigenvalue weighted by Gasteiger charge is -2.16. The van der Waals surface area contributed by atoms with Crippen LogP contribution >= 0.6 is 23.2 Å². The molecule has 2 N–H and O–H groups in total. The number of rotatable bonds is 5. The molecule has 0 saturated heterocycles. The smallest absolute Gasteiger partial charge is 0.224 e. The average molecular weight is 365 g/mol. The summed E-state index contributed by atoms with van der Waals surface area (Å²) in [5.41, 5.74) is 2.37. The summed E-state index contributed by atoms with van der Waals surface area (Å²) >= 11 is 12.0. The molecule has 0 spiro atoms. The lowest BCUT2D eigenvalue weighted by atomic mass is 10.1. The number of carbonyl (C=O) groups excluding carboxylic acids is 2. The summed E-state index contributed by atoms with van der Waals surface area (Å²) in [4.78, 5) is 23.2. The molecule has 1 atom stereocenters. The molecule has 4 nitrogen and oxygen atoms in total. The van der Waals surface area contributed by atoms with E-state index >= 15 is 0 Å². The van der Waals surface area contributed by atoms with Gasteiger partial charge in [-0.15, -0.1) is 0 Å². The van der Waals surface area contributed by atoms with Gasteiger partial charge in [-0.25, -0.2) is 0 Å². The van der Waals surface area contributed by atoms with Crippen LogP contribution in [0.4, 0.5) is 5.69 Å². The average Bonchev–Trinajstić information content (AvgIpc) is 2.48. The molecule has 0 fully saturated rings. The minimum absolute atomic E-state index is 0.110. The predicted octanol–water partition coefficient (Wildman–Crippen LogP) is 4.37. The third-order valence-electron chi connectivity index (χ3n) is 3.45. The molecule has 0 bridgehead atoms.